The van der Waals surface area contributed by atoms with Crippen LogP contribution in [0, 0.1) is 10.6 Å². The number of aliphatic hydroxyl groups is 1. The van der Waals surface area contributed by atoms with E-state index in [1.807, 2.05) is 0 Å². The monoisotopic (exact) mass is 550 g/mol. The molecule has 30 heavy (non-hydrogen) atoms. The van der Waals surface area contributed by atoms with E-state index in [-0.39, 0.29) is 32.9 Å². The fourth-order valence-corrected chi connectivity index (χ4v) is 5.00. The van der Waals surface area contributed by atoms with Gasteiger partial charge in [0.1, 0.15) is 9.24 Å². The molecule has 1 aliphatic rings. The number of carbonyl (C=O) groups is 2. The number of rotatable bonds is 6. The van der Waals surface area contributed by atoms with Gasteiger partial charge < -0.3 is 15.9 Å². The Kier molecular flexibility index (Phi) is 6.08. The van der Waals surface area contributed by atoms with Gasteiger partial charge in [-0.25, -0.2) is 4.79 Å². The van der Waals surface area contributed by atoms with Crippen LogP contribution in [0.15, 0.2) is 29.2 Å². The SMILES string of the molecule is Cc1ccc(S(=O)(=O)OCC2(CO)CN(C(=O)O)Cc3c(C(N)=O)c(I)nn32)cc1. The number of aliphatic hydroxyl groups excluding tert-OH is 1. The predicted molar refractivity (Wildman–Crippen MR) is 111 cm³/mol. The Morgan fingerprint density at radius 1 is 1.33 bits per heavy atom. The summed E-state index contributed by atoms with van der Waals surface area (Å²) in [5.74, 6) is -0.812. The minimum Gasteiger partial charge on any atom is -0.465 e. The van der Waals surface area contributed by atoms with Gasteiger partial charge in [0, 0.05) is 0 Å². The normalized spacial score (nSPS) is 18.8. The Balaban J connectivity index is 2.03. The van der Waals surface area contributed by atoms with Crippen molar-refractivity contribution in [3.63, 3.8) is 0 Å². The molecule has 0 spiro atoms. The number of benzene rings is 1. The molecule has 0 bridgehead atoms. The van der Waals surface area contributed by atoms with Gasteiger partial charge in [0.15, 0.2) is 0 Å². The zero-order valence-corrected chi connectivity index (χ0v) is 18.8. The molecule has 2 aromatic rings. The van der Waals surface area contributed by atoms with E-state index in [0.717, 1.165) is 10.5 Å². The summed E-state index contributed by atoms with van der Waals surface area (Å²) in [4.78, 5) is 24.4. The van der Waals surface area contributed by atoms with Gasteiger partial charge in [0.05, 0.1) is 42.5 Å². The van der Waals surface area contributed by atoms with E-state index >= 15 is 0 Å². The van der Waals surface area contributed by atoms with Gasteiger partial charge in [-0.15, -0.1) is 0 Å². The van der Waals surface area contributed by atoms with Gasteiger partial charge >= 0.3 is 6.09 Å². The molecule has 1 aromatic heterocycles. The summed E-state index contributed by atoms with van der Waals surface area (Å²) < 4.78 is 31.9. The van der Waals surface area contributed by atoms with Gasteiger partial charge in [-0.05, 0) is 41.6 Å². The second-order valence-corrected chi connectivity index (χ2v) is 9.58. The standard InChI is InChI=1S/C17H19IN4O7S/c1-10-2-4-11(5-3-10)30(27,28)29-9-17(8-23)7-21(16(25)26)6-12-13(15(19)24)14(18)20-22(12)17/h2-5,23H,6-9H2,1H3,(H2,19,24)(H,25,26). The fourth-order valence-electron chi connectivity index (χ4n) is 3.23. The Labute approximate surface area is 185 Å². The molecule has 1 aliphatic heterocycles. The highest BCUT2D eigenvalue weighted by molar-refractivity contribution is 14.1. The number of hydrogen-bond acceptors (Lipinski definition) is 7. The molecule has 1 atom stereocenters. The van der Waals surface area contributed by atoms with Crippen molar-refractivity contribution < 1.29 is 32.4 Å². The van der Waals surface area contributed by atoms with Crippen molar-refractivity contribution in [3.8, 4) is 0 Å². The summed E-state index contributed by atoms with van der Waals surface area (Å²) in [5.41, 5.74) is 4.88. The Morgan fingerprint density at radius 3 is 2.50 bits per heavy atom. The number of amides is 2. The molecule has 0 aliphatic carbocycles. The van der Waals surface area contributed by atoms with Crippen LogP contribution in [0.2, 0.25) is 0 Å². The summed E-state index contributed by atoms with van der Waals surface area (Å²) in [5, 5.41) is 23.9. The van der Waals surface area contributed by atoms with Crippen molar-refractivity contribution in [3.05, 3.63) is 44.8 Å². The van der Waals surface area contributed by atoms with E-state index in [4.69, 9.17) is 9.92 Å². The predicted octanol–water partition coefficient (Wildman–Crippen LogP) is 0.482. The average Bonchev–Trinajstić information content (AvgIpc) is 3.03. The molecule has 2 amide bonds. The van der Waals surface area contributed by atoms with Crippen LogP contribution in [0.4, 0.5) is 4.79 Å². The molecule has 11 nitrogen and oxygen atoms in total. The number of carboxylic acid groups (broad SMARTS) is 1. The highest BCUT2D eigenvalue weighted by atomic mass is 127. The van der Waals surface area contributed by atoms with Crippen molar-refractivity contribution in [1.82, 2.24) is 14.7 Å². The molecule has 2 heterocycles. The fraction of sp³-hybridized carbons (Fsp3) is 0.353. The molecule has 0 radical (unpaired) electrons. The molecule has 162 valence electrons. The van der Waals surface area contributed by atoms with Crippen molar-refractivity contribution in [1.29, 1.82) is 0 Å². The number of carbonyl (C=O) groups excluding carboxylic acids is 1. The Bertz CT molecular complexity index is 1100. The molecular formula is C17H19IN4O7S. The lowest BCUT2D eigenvalue weighted by Gasteiger charge is -2.41. The molecule has 13 heteroatoms. The summed E-state index contributed by atoms with van der Waals surface area (Å²) in [6.45, 7) is 0.00853. The summed E-state index contributed by atoms with van der Waals surface area (Å²) in [7, 11) is -4.20. The maximum atomic E-state index is 12.6. The number of halogens is 1. The van der Waals surface area contributed by atoms with Crippen LogP contribution in [-0.4, -0.2) is 65.1 Å². The second kappa shape index (κ2) is 8.13. The Morgan fingerprint density at radius 2 is 1.97 bits per heavy atom. The van der Waals surface area contributed by atoms with Crippen LogP contribution in [-0.2, 0) is 26.4 Å². The van der Waals surface area contributed by atoms with Gasteiger partial charge in [0.2, 0.25) is 0 Å². The Hall–Kier alpha value is -2.23. The smallest absolute Gasteiger partial charge is 0.407 e. The summed E-state index contributed by atoms with van der Waals surface area (Å²) in [6, 6.07) is 5.98. The van der Waals surface area contributed by atoms with E-state index < -0.39 is 40.9 Å². The maximum absolute atomic E-state index is 12.6. The number of nitrogens with two attached hydrogens (primary N) is 1. The van der Waals surface area contributed by atoms with E-state index in [1.54, 1.807) is 41.6 Å². The number of primary amides is 1. The average molecular weight is 550 g/mol. The maximum Gasteiger partial charge on any atom is 0.407 e. The van der Waals surface area contributed by atoms with E-state index in [0.29, 0.717) is 0 Å². The quantitative estimate of drug-likeness (QED) is 0.345. The van der Waals surface area contributed by atoms with Gasteiger partial charge in [-0.2, -0.15) is 13.5 Å². The lowest BCUT2D eigenvalue weighted by molar-refractivity contribution is 0.0105. The van der Waals surface area contributed by atoms with E-state index in [2.05, 4.69) is 5.10 Å². The number of hydrogen-bond donors (Lipinski definition) is 3. The van der Waals surface area contributed by atoms with Crippen LogP contribution >= 0.6 is 22.6 Å². The molecule has 0 saturated heterocycles. The first-order chi connectivity index (χ1) is 14.0. The molecule has 0 saturated carbocycles. The second-order valence-electron chi connectivity index (χ2n) is 6.94. The number of aromatic nitrogens is 2. The van der Waals surface area contributed by atoms with Crippen LogP contribution in [0.1, 0.15) is 21.6 Å². The van der Waals surface area contributed by atoms with E-state index in [1.165, 1.54) is 16.8 Å². The first kappa shape index (κ1) is 22.5. The lowest BCUT2D eigenvalue weighted by atomic mass is 9.97. The summed E-state index contributed by atoms with van der Waals surface area (Å²) >= 11 is 1.77. The van der Waals surface area contributed by atoms with Gasteiger partial charge in [-0.1, -0.05) is 17.7 Å². The third-order valence-electron chi connectivity index (χ3n) is 4.82. The van der Waals surface area contributed by atoms with Gasteiger partial charge in [0.25, 0.3) is 16.0 Å². The number of nitrogens with zero attached hydrogens (tertiary/aromatic N) is 3. The molecule has 1 aromatic carbocycles. The highest BCUT2D eigenvalue weighted by Crippen LogP contribution is 2.32. The third kappa shape index (κ3) is 4.01. The minimum atomic E-state index is -4.20. The van der Waals surface area contributed by atoms with Crippen molar-refractivity contribution in [2.75, 3.05) is 19.8 Å². The first-order valence-corrected chi connectivity index (χ1v) is 11.1. The van der Waals surface area contributed by atoms with Crippen LogP contribution in [0.3, 0.4) is 0 Å². The van der Waals surface area contributed by atoms with Crippen molar-refractivity contribution >= 4 is 44.7 Å². The van der Waals surface area contributed by atoms with Crippen LogP contribution in [0.25, 0.3) is 0 Å². The third-order valence-corrected chi connectivity index (χ3v) is 6.85. The van der Waals surface area contributed by atoms with Crippen LogP contribution < -0.4 is 5.73 Å². The molecule has 3 rings (SSSR count). The number of aryl methyl sites for hydroxylation is 1. The van der Waals surface area contributed by atoms with Crippen molar-refractivity contribution in [2.24, 2.45) is 5.73 Å². The minimum absolute atomic E-state index is 0.0146. The zero-order valence-electron chi connectivity index (χ0n) is 15.8. The van der Waals surface area contributed by atoms with E-state index in [9.17, 15) is 28.2 Å². The lowest BCUT2D eigenvalue weighted by Crippen LogP contribution is -2.57. The topological polar surface area (TPSA) is 165 Å². The zero-order chi connectivity index (χ0) is 22.3. The van der Waals surface area contributed by atoms with Gasteiger partial charge in [-0.3, -0.25) is 18.6 Å². The highest BCUT2D eigenvalue weighted by Gasteiger charge is 2.45. The first-order valence-electron chi connectivity index (χ1n) is 8.63. The van der Waals surface area contributed by atoms with Crippen molar-refractivity contribution in [2.45, 2.75) is 23.9 Å². The molecular weight excluding hydrogens is 531 g/mol. The molecule has 0 fully saturated rings. The summed E-state index contributed by atoms with van der Waals surface area (Å²) in [6.07, 6.45) is -1.31. The van der Waals surface area contributed by atoms with Crippen LogP contribution in [0.5, 0.6) is 0 Å². The largest absolute Gasteiger partial charge is 0.465 e. The number of fused-ring (bicyclic) bond motifs is 1. The molecule has 1 unspecified atom stereocenters. The molecule has 4 N–H and O–H groups in total.